The molecule has 0 aliphatic heterocycles. The summed E-state index contributed by atoms with van der Waals surface area (Å²) >= 11 is 0. The molecule has 0 aliphatic rings. The molecule has 0 aromatic rings. The van der Waals surface area contributed by atoms with Crippen LogP contribution >= 0.6 is 8.25 Å². The van der Waals surface area contributed by atoms with Crippen LogP contribution in [0.2, 0.25) is 0 Å². The molecule has 7 nitrogen and oxygen atoms in total. The number of hydrogen-bond donors (Lipinski definition) is 3. The highest BCUT2D eigenvalue weighted by atomic mass is 32.2. The highest BCUT2D eigenvalue weighted by molar-refractivity contribution is 7.86. The summed E-state index contributed by atoms with van der Waals surface area (Å²) in [6.45, 7) is -0.703. The van der Waals surface area contributed by atoms with E-state index in [2.05, 4.69) is 4.52 Å². The third kappa shape index (κ3) is 9.77. The van der Waals surface area contributed by atoms with Crippen molar-refractivity contribution in [1.82, 2.24) is 0 Å². The minimum absolute atomic E-state index is 0.703. The fraction of sp³-hybridized carbons (Fsp3) is 1.00. The fourth-order valence-corrected chi connectivity index (χ4v) is 0.148. The number of aliphatic hydroxyl groups is 1. The zero-order chi connectivity index (χ0) is 12.0. The molecular formula is C2H5F3O7PS+. The molecule has 86 valence electrons. The average molecular weight is 261 g/mol. The number of hydrogen-bond acceptors (Lipinski definition) is 5. The lowest BCUT2D eigenvalue weighted by atomic mass is 11.6. The van der Waals surface area contributed by atoms with E-state index in [1.165, 1.54) is 0 Å². The van der Waals surface area contributed by atoms with E-state index in [9.17, 15) is 17.7 Å². The number of halogens is 3. The van der Waals surface area contributed by atoms with Crippen molar-refractivity contribution in [1.29, 1.82) is 0 Å². The third-order valence-corrected chi connectivity index (χ3v) is 1.38. The van der Waals surface area contributed by atoms with Gasteiger partial charge in [-0.3, -0.25) is 4.55 Å². The van der Waals surface area contributed by atoms with Crippen molar-refractivity contribution in [2.45, 2.75) is 5.51 Å². The Kier molecular flexibility index (Phi) is 7.16. The molecule has 0 aliphatic carbocycles. The van der Waals surface area contributed by atoms with E-state index in [0.29, 0.717) is 0 Å². The maximum Gasteiger partial charge on any atom is 0.697 e. The molecule has 0 saturated heterocycles. The summed E-state index contributed by atoms with van der Waals surface area (Å²) in [6, 6.07) is 0. The second kappa shape index (κ2) is 6.22. The largest absolute Gasteiger partial charge is 0.697 e. The molecule has 1 unspecified atom stereocenters. The van der Waals surface area contributed by atoms with Gasteiger partial charge in [0, 0.05) is 4.57 Å². The standard InChI is InChI=1S/CHF3O3S.CH3O4P/c2-1(3,4)8(5,6)7;2-1-5-6(3)4/h(H,5,6,7);2H,1H2/p+1. The van der Waals surface area contributed by atoms with E-state index >= 15 is 0 Å². The van der Waals surface area contributed by atoms with Crippen LogP contribution in [-0.4, -0.2) is 35.3 Å². The van der Waals surface area contributed by atoms with Gasteiger partial charge in [0.2, 0.25) is 6.79 Å². The summed E-state index contributed by atoms with van der Waals surface area (Å²) in [7, 11) is -8.44. The van der Waals surface area contributed by atoms with E-state index in [1.807, 2.05) is 0 Å². The molecule has 0 aromatic heterocycles. The molecule has 0 saturated carbocycles. The molecule has 0 bridgehead atoms. The van der Waals surface area contributed by atoms with Gasteiger partial charge in [0.25, 0.3) is 0 Å². The van der Waals surface area contributed by atoms with Gasteiger partial charge in [-0.2, -0.15) is 21.6 Å². The molecule has 3 N–H and O–H groups in total. The average Bonchev–Trinajstić information content (AvgIpc) is 1.82. The minimum atomic E-state index is -5.84. The molecule has 1 atom stereocenters. The Balaban J connectivity index is 0. The summed E-state index contributed by atoms with van der Waals surface area (Å²) in [5.41, 5.74) is -5.53. The predicted octanol–water partition coefficient (Wildman–Crippen LogP) is -0.00350. The smallest absolute Gasteiger partial charge is 0.367 e. The fourth-order valence-electron chi connectivity index (χ4n) is 0.0494. The second-order valence-electron chi connectivity index (χ2n) is 1.42. The van der Waals surface area contributed by atoms with Gasteiger partial charge in [-0.05, 0) is 0 Å². The van der Waals surface area contributed by atoms with E-state index in [-0.39, 0.29) is 0 Å². The normalized spacial score (nSPS) is 12.9. The SMILES string of the molecule is O=S(=O)(O)C(F)(F)F.O=[P+](O)OCO. The van der Waals surface area contributed by atoms with Crippen LogP contribution in [0.4, 0.5) is 13.2 Å². The summed E-state index contributed by atoms with van der Waals surface area (Å²) in [5, 5.41) is 7.67. The Labute approximate surface area is 76.8 Å². The molecule has 0 amide bonds. The van der Waals surface area contributed by atoms with Crippen molar-refractivity contribution >= 4 is 18.4 Å². The van der Waals surface area contributed by atoms with Crippen LogP contribution in [0, 0.1) is 0 Å². The second-order valence-corrected chi connectivity index (χ2v) is 3.56. The van der Waals surface area contributed by atoms with Gasteiger partial charge in [-0.25, -0.2) is 0 Å². The Morgan fingerprint density at radius 2 is 1.64 bits per heavy atom. The Morgan fingerprint density at radius 1 is 1.36 bits per heavy atom. The summed E-state index contributed by atoms with van der Waals surface area (Å²) in [6.07, 6.45) is 0. The van der Waals surface area contributed by atoms with Gasteiger partial charge < -0.3 is 5.11 Å². The molecule has 0 radical (unpaired) electrons. The molecule has 0 aromatic carbocycles. The molecular weight excluding hydrogens is 256 g/mol. The first kappa shape index (κ1) is 16.1. The van der Waals surface area contributed by atoms with Crippen molar-refractivity contribution in [3.63, 3.8) is 0 Å². The topological polar surface area (TPSA) is 121 Å². The van der Waals surface area contributed by atoms with Gasteiger partial charge >= 0.3 is 23.9 Å². The first-order valence-electron chi connectivity index (χ1n) is 2.46. The van der Waals surface area contributed by atoms with Gasteiger partial charge in [-0.15, -0.1) is 4.89 Å². The van der Waals surface area contributed by atoms with Crippen molar-refractivity contribution < 1.29 is 45.2 Å². The predicted molar refractivity (Wildman–Crippen MR) is 35.6 cm³/mol. The molecule has 0 fully saturated rings. The van der Waals surface area contributed by atoms with Crippen molar-refractivity contribution in [2.75, 3.05) is 6.79 Å². The summed E-state index contributed by atoms with van der Waals surface area (Å²) in [4.78, 5) is 7.68. The molecule has 0 spiro atoms. The van der Waals surface area contributed by atoms with Crippen LogP contribution in [0.3, 0.4) is 0 Å². The third-order valence-electron chi connectivity index (χ3n) is 0.461. The molecule has 14 heavy (non-hydrogen) atoms. The zero-order valence-corrected chi connectivity index (χ0v) is 7.88. The summed E-state index contributed by atoms with van der Waals surface area (Å²) in [5.74, 6) is 0. The van der Waals surface area contributed by atoms with Crippen LogP contribution < -0.4 is 0 Å². The first-order chi connectivity index (χ1) is 6.02. The van der Waals surface area contributed by atoms with Gasteiger partial charge in [-0.1, -0.05) is 4.52 Å². The highest BCUT2D eigenvalue weighted by Gasteiger charge is 2.44. The first-order valence-corrected chi connectivity index (χ1v) is 5.03. The zero-order valence-electron chi connectivity index (χ0n) is 6.17. The Morgan fingerprint density at radius 3 is 1.64 bits per heavy atom. The van der Waals surface area contributed by atoms with Crippen LogP contribution in [-0.2, 0) is 19.2 Å². The Bertz CT molecular complexity index is 269. The van der Waals surface area contributed by atoms with E-state index in [4.69, 9.17) is 23.0 Å². The monoisotopic (exact) mass is 261 g/mol. The number of alkyl halides is 3. The van der Waals surface area contributed by atoms with E-state index in [1.54, 1.807) is 0 Å². The Hall–Kier alpha value is -0.320. The lowest BCUT2D eigenvalue weighted by Gasteiger charge is -1.97. The highest BCUT2D eigenvalue weighted by Crippen LogP contribution is 2.20. The van der Waals surface area contributed by atoms with Crippen LogP contribution in [0.1, 0.15) is 0 Å². The van der Waals surface area contributed by atoms with Crippen molar-refractivity contribution in [3.05, 3.63) is 0 Å². The van der Waals surface area contributed by atoms with Gasteiger partial charge in [0.1, 0.15) is 0 Å². The molecule has 0 heterocycles. The quantitative estimate of drug-likeness (QED) is 0.277. The van der Waals surface area contributed by atoms with Crippen LogP contribution in [0.15, 0.2) is 0 Å². The maximum atomic E-state index is 10.7. The van der Waals surface area contributed by atoms with E-state index in [0.717, 1.165) is 0 Å². The van der Waals surface area contributed by atoms with Gasteiger partial charge in [0.05, 0.1) is 0 Å². The number of aliphatic hydroxyl groups excluding tert-OH is 1. The number of rotatable bonds is 2. The molecule has 12 heteroatoms. The lowest BCUT2D eigenvalue weighted by molar-refractivity contribution is -0.0510. The lowest BCUT2D eigenvalue weighted by Crippen LogP contribution is -2.21. The molecule has 0 rings (SSSR count). The van der Waals surface area contributed by atoms with Crippen molar-refractivity contribution in [3.8, 4) is 0 Å². The van der Waals surface area contributed by atoms with Gasteiger partial charge in [0.15, 0.2) is 0 Å². The minimum Gasteiger partial charge on any atom is -0.367 e. The van der Waals surface area contributed by atoms with E-state index < -0.39 is 30.7 Å². The maximum absolute atomic E-state index is 10.7. The van der Waals surface area contributed by atoms with Crippen LogP contribution in [0.25, 0.3) is 0 Å². The van der Waals surface area contributed by atoms with Crippen molar-refractivity contribution in [2.24, 2.45) is 0 Å². The summed E-state index contributed by atoms with van der Waals surface area (Å²) < 4.78 is 70.6. The van der Waals surface area contributed by atoms with Crippen LogP contribution in [0.5, 0.6) is 0 Å².